The first kappa shape index (κ1) is 23.9. The van der Waals surface area contributed by atoms with Gasteiger partial charge >= 0.3 is 0 Å². The topological polar surface area (TPSA) is 109 Å². The fourth-order valence-corrected chi connectivity index (χ4v) is 5.82. The quantitative estimate of drug-likeness (QED) is 0.701. The van der Waals surface area contributed by atoms with Gasteiger partial charge in [0.15, 0.2) is 0 Å². The summed E-state index contributed by atoms with van der Waals surface area (Å²) in [5.41, 5.74) is 7.86. The van der Waals surface area contributed by atoms with E-state index in [1.807, 2.05) is 36.1 Å². The third kappa shape index (κ3) is 5.00. The van der Waals surface area contributed by atoms with Crippen LogP contribution in [0.3, 0.4) is 0 Å². The monoisotopic (exact) mass is 491 g/mol. The van der Waals surface area contributed by atoms with E-state index >= 15 is 0 Å². The molecule has 8 nitrogen and oxygen atoms in total. The Kier molecular flexibility index (Phi) is 6.66. The van der Waals surface area contributed by atoms with Crippen molar-refractivity contribution in [2.45, 2.75) is 45.1 Å². The van der Waals surface area contributed by atoms with Crippen LogP contribution in [-0.4, -0.2) is 59.4 Å². The standard InChI is InChI=1S/C23H30ClN5O3S/c1-23(10-13-28(14-11-23)33(2,31)32)21(30)29-12-4-3-5-19(29)20-18(15-26-22(25)27-20)16-6-8-17(24)9-7-16/h6-9,15,19H,3-5,10-14H2,1-2H3,(H2,25,26,27)/t19-/m0/s1. The highest BCUT2D eigenvalue weighted by atomic mass is 35.5. The molecule has 33 heavy (non-hydrogen) atoms. The number of likely N-dealkylation sites (tertiary alicyclic amines) is 1. The molecule has 0 saturated carbocycles. The van der Waals surface area contributed by atoms with Crippen LogP contribution in [0, 0.1) is 5.41 Å². The first-order valence-corrected chi connectivity index (χ1v) is 13.5. The van der Waals surface area contributed by atoms with Crippen molar-refractivity contribution in [2.75, 3.05) is 31.6 Å². The molecule has 1 aromatic heterocycles. The molecule has 1 aromatic carbocycles. The molecule has 2 aliphatic heterocycles. The Morgan fingerprint density at radius 3 is 2.45 bits per heavy atom. The fraction of sp³-hybridized carbons (Fsp3) is 0.522. The van der Waals surface area contributed by atoms with Gasteiger partial charge in [0.05, 0.1) is 18.0 Å². The fourth-order valence-electron chi connectivity index (χ4n) is 4.85. The zero-order valence-corrected chi connectivity index (χ0v) is 20.6. The summed E-state index contributed by atoms with van der Waals surface area (Å²) in [6.45, 7) is 3.31. The predicted octanol–water partition coefficient (Wildman–Crippen LogP) is 3.49. The van der Waals surface area contributed by atoms with E-state index in [0.29, 0.717) is 37.5 Å². The highest BCUT2D eigenvalue weighted by Crippen LogP contribution is 2.41. The number of nitrogens with two attached hydrogens (primary N) is 1. The molecular formula is C23H30ClN5O3S. The van der Waals surface area contributed by atoms with Crippen LogP contribution in [0.2, 0.25) is 5.02 Å². The molecule has 0 unspecified atom stereocenters. The first-order chi connectivity index (χ1) is 15.6. The molecule has 1 atom stereocenters. The Morgan fingerprint density at radius 2 is 1.82 bits per heavy atom. The SMILES string of the molecule is CC1(C(=O)N2CCCC[C@H]2c2nc(N)ncc2-c2ccc(Cl)cc2)CCN(S(C)(=O)=O)CC1. The van der Waals surface area contributed by atoms with E-state index in [1.54, 1.807) is 6.20 Å². The van der Waals surface area contributed by atoms with E-state index < -0.39 is 15.4 Å². The zero-order valence-electron chi connectivity index (χ0n) is 19.0. The van der Waals surface area contributed by atoms with Gasteiger partial charge in [-0.25, -0.2) is 22.7 Å². The van der Waals surface area contributed by atoms with Crippen molar-refractivity contribution in [3.05, 3.63) is 41.2 Å². The normalized spacial score (nSPS) is 21.7. The summed E-state index contributed by atoms with van der Waals surface area (Å²) in [7, 11) is -3.26. The summed E-state index contributed by atoms with van der Waals surface area (Å²) < 4.78 is 25.3. The smallest absolute Gasteiger partial charge is 0.229 e. The van der Waals surface area contributed by atoms with Gasteiger partial charge in [0.25, 0.3) is 0 Å². The number of halogens is 1. The molecule has 3 heterocycles. The molecule has 1 amide bonds. The second kappa shape index (κ2) is 9.19. The second-order valence-corrected chi connectivity index (χ2v) is 11.7. The molecule has 10 heteroatoms. The minimum atomic E-state index is -3.26. The number of nitrogens with zero attached hydrogens (tertiary/aromatic N) is 4. The first-order valence-electron chi connectivity index (χ1n) is 11.2. The van der Waals surface area contributed by atoms with Gasteiger partial charge in [-0.1, -0.05) is 30.7 Å². The molecule has 178 valence electrons. The molecule has 0 spiro atoms. The molecule has 2 fully saturated rings. The lowest BCUT2D eigenvalue weighted by Crippen LogP contribution is -2.51. The summed E-state index contributed by atoms with van der Waals surface area (Å²) in [4.78, 5) is 24.6. The van der Waals surface area contributed by atoms with Gasteiger partial charge in [0.1, 0.15) is 0 Å². The highest BCUT2D eigenvalue weighted by Gasteiger charge is 2.44. The largest absolute Gasteiger partial charge is 0.368 e. The number of amides is 1. The summed E-state index contributed by atoms with van der Waals surface area (Å²) in [5, 5.41) is 0.638. The van der Waals surface area contributed by atoms with E-state index in [4.69, 9.17) is 17.3 Å². The number of anilines is 1. The van der Waals surface area contributed by atoms with Crippen LogP contribution in [-0.2, 0) is 14.8 Å². The van der Waals surface area contributed by atoms with Crippen LogP contribution in [0.5, 0.6) is 0 Å². The number of rotatable bonds is 4. The van der Waals surface area contributed by atoms with Gasteiger partial charge in [-0.3, -0.25) is 4.79 Å². The van der Waals surface area contributed by atoms with Gasteiger partial charge in [-0.05, 0) is 49.8 Å². The van der Waals surface area contributed by atoms with Crippen LogP contribution < -0.4 is 5.73 Å². The van der Waals surface area contributed by atoms with Crippen molar-refractivity contribution in [1.82, 2.24) is 19.2 Å². The van der Waals surface area contributed by atoms with Crippen LogP contribution in [0.1, 0.15) is 50.8 Å². The number of carbonyl (C=O) groups is 1. The number of aromatic nitrogens is 2. The van der Waals surface area contributed by atoms with Crippen molar-refractivity contribution in [3.63, 3.8) is 0 Å². The summed E-state index contributed by atoms with van der Waals surface area (Å²) in [6, 6.07) is 7.25. The number of carbonyl (C=O) groups excluding carboxylic acids is 1. The second-order valence-electron chi connectivity index (χ2n) is 9.27. The highest BCUT2D eigenvalue weighted by molar-refractivity contribution is 7.88. The molecule has 2 aromatic rings. The van der Waals surface area contributed by atoms with Crippen molar-refractivity contribution in [3.8, 4) is 11.1 Å². The number of piperidine rings is 2. The van der Waals surface area contributed by atoms with Gasteiger partial charge < -0.3 is 10.6 Å². The minimum Gasteiger partial charge on any atom is -0.368 e. The zero-order chi connectivity index (χ0) is 23.8. The van der Waals surface area contributed by atoms with Crippen LogP contribution in [0.25, 0.3) is 11.1 Å². The summed E-state index contributed by atoms with van der Waals surface area (Å²) in [6.07, 6.45) is 6.62. The van der Waals surface area contributed by atoms with E-state index in [0.717, 1.165) is 36.1 Å². The predicted molar refractivity (Wildman–Crippen MR) is 129 cm³/mol. The van der Waals surface area contributed by atoms with Gasteiger partial charge in [-0.2, -0.15) is 0 Å². The summed E-state index contributed by atoms with van der Waals surface area (Å²) in [5.74, 6) is 0.230. The number of hydrogen-bond donors (Lipinski definition) is 1. The Balaban J connectivity index is 1.65. The lowest BCUT2D eigenvalue weighted by Gasteiger charge is -2.44. The van der Waals surface area contributed by atoms with E-state index in [1.165, 1.54) is 10.6 Å². The van der Waals surface area contributed by atoms with Crippen molar-refractivity contribution in [2.24, 2.45) is 5.41 Å². The van der Waals surface area contributed by atoms with Crippen molar-refractivity contribution in [1.29, 1.82) is 0 Å². The molecule has 2 saturated heterocycles. The number of sulfonamides is 1. The third-order valence-corrected chi connectivity index (χ3v) is 8.44. The third-order valence-electron chi connectivity index (χ3n) is 6.88. The molecular weight excluding hydrogens is 462 g/mol. The lowest BCUT2D eigenvalue weighted by atomic mass is 9.78. The molecule has 4 rings (SSSR count). The van der Waals surface area contributed by atoms with Crippen LogP contribution >= 0.6 is 11.6 Å². The molecule has 2 aliphatic rings. The van der Waals surface area contributed by atoms with Gasteiger partial charge in [0, 0.05) is 41.8 Å². The van der Waals surface area contributed by atoms with E-state index in [2.05, 4.69) is 9.97 Å². The minimum absolute atomic E-state index is 0.0552. The Hall–Kier alpha value is -2.23. The average molecular weight is 492 g/mol. The maximum Gasteiger partial charge on any atom is 0.229 e. The van der Waals surface area contributed by atoms with Crippen LogP contribution in [0.15, 0.2) is 30.5 Å². The van der Waals surface area contributed by atoms with Crippen molar-refractivity contribution < 1.29 is 13.2 Å². The number of benzene rings is 1. The Bertz CT molecular complexity index is 1130. The van der Waals surface area contributed by atoms with Gasteiger partial charge in [0.2, 0.25) is 21.9 Å². The Labute approximate surface area is 200 Å². The maximum atomic E-state index is 13.9. The van der Waals surface area contributed by atoms with E-state index in [-0.39, 0.29) is 17.9 Å². The molecule has 0 radical (unpaired) electrons. The van der Waals surface area contributed by atoms with Crippen molar-refractivity contribution >= 4 is 33.5 Å². The van der Waals surface area contributed by atoms with E-state index in [9.17, 15) is 13.2 Å². The molecule has 0 bridgehead atoms. The molecule has 0 aliphatic carbocycles. The maximum absolute atomic E-state index is 13.9. The average Bonchev–Trinajstić information content (AvgIpc) is 2.79. The number of hydrogen-bond acceptors (Lipinski definition) is 6. The van der Waals surface area contributed by atoms with Crippen LogP contribution in [0.4, 0.5) is 5.95 Å². The van der Waals surface area contributed by atoms with Gasteiger partial charge in [-0.15, -0.1) is 0 Å². The number of nitrogen functional groups attached to an aromatic ring is 1. The molecule has 2 N–H and O–H groups in total. The summed E-state index contributed by atoms with van der Waals surface area (Å²) >= 11 is 6.07. The Morgan fingerprint density at radius 1 is 1.15 bits per heavy atom. The lowest BCUT2D eigenvalue weighted by molar-refractivity contribution is -0.147.